The van der Waals surface area contributed by atoms with Gasteiger partial charge < -0.3 is 19.9 Å². The van der Waals surface area contributed by atoms with Gasteiger partial charge in [0.25, 0.3) is 11.8 Å². The van der Waals surface area contributed by atoms with Gasteiger partial charge in [0.1, 0.15) is 5.56 Å². The van der Waals surface area contributed by atoms with E-state index in [0.717, 1.165) is 0 Å². The van der Waals surface area contributed by atoms with Crippen LogP contribution in [0.15, 0.2) is 28.8 Å². The van der Waals surface area contributed by atoms with Crippen molar-refractivity contribution in [2.75, 3.05) is 19.0 Å². The molecule has 1 aromatic heterocycles. The Morgan fingerprint density at radius 1 is 1.19 bits per heavy atom. The Kier molecular flexibility index (Phi) is 6.11. The summed E-state index contributed by atoms with van der Waals surface area (Å²) in [7, 11) is 1.54. The maximum Gasteiger partial charge on any atom is 0.344 e. The summed E-state index contributed by atoms with van der Waals surface area (Å²) >= 11 is 0. The molecule has 0 aliphatic carbocycles. The molecule has 0 saturated heterocycles. The Morgan fingerprint density at radius 3 is 2.42 bits per heavy atom. The number of nitrogens with one attached hydrogen (secondary N) is 2. The second-order valence-corrected chi connectivity index (χ2v) is 5.94. The molecule has 2 amide bonds. The highest BCUT2D eigenvalue weighted by Gasteiger charge is 2.24. The summed E-state index contributed by atoms with van der Waals surface area (Å²) in [4.78, 5) is 35.6. The number of esters is 1. The van der Waals surface area contributed by atoms with E-state index >= 15 is 0 Å². The predicted molar refractivity (Wildman–Crippen MR) is 94.1 cm³/mol. The number of aromatic nitrogens is 1. The molecule has 8 nitrogen and oxygen atoms in total. The van der Waals surface area contributed by atoms with Gasteiger partial charge in [0.2, 0.25) is 0 Å². The number of hydrogen-bond acceptors (Lipinski definition) is 6. The highest BCUT2D eigenvalue weighted by molar-refractivity contribution is 5.97. The standard InChI is InChI=1S/C18H21N3O5/c1-10(2)16-15(11(3)21-26-16)18(24)25-9-14(22)20-13-7-5-12(6-8-13)17(23)19-4/h5-8,10H,9H2,1-4H3,(H,19,23)(H,20,22). The summed E-state index contributed by atoms with van der Waals surface area (Å²) in [6, 6.07) is 6.34. The molecule has 1 heterocycles. The van der Waals surface area contributed by atoms with Crippen LogP contribution in [0.5, 0.6) is 0 Å². The van der Waals surface area contributed by atoms with Crippen LogP contribution in [0.25, 0.3) is 0 Å². The first-order valence-corrected chi connectivity index (χ1v) is 8.08. The average molecular weight is 359 g/mol. The Balaban J connectivity index is 1.94. The highest BCUT2D eigenvalue weighted by atomic mass is 16.5. The Morgan fingerprint density at radius 2 is 1.85 bits per heavy atom. The molecule has 138 valence electrons. The molecule has 26 heavy (non-hydrogen) atoms. The molecule has 0 spiro atoms. The second-order valence-electron chi connectivity index (χ2n) is 5.94. The van der Waals surface area contributed by atoms with E-state index in [-0.39, 0.29) is 17.4 Å². The summed E-state index contributed by atoms with van der Waals surface area (Å²) < 4.78 is 10.2. The first kappa shape index (κ1) is 19.2. The quantitative estimate of drug-likeness (QED) is 0.766. The van der Waals surface area contributed by atoms with Crippen molar-refractivity contribution in [1.82, 2.24) is 10.5 Å². The van der Waals surface area contributed by atoms with E-state index in [0.29, 0.717) is 22.7 Å². The topological polar surface area (TPSA) is 111 Å². The molecule has 2 rings (SSSR count). The molecule has 0 aliphatic heterocycles. The summed E-state index contributed by atoms with van der Waals surface area (Å²) in [5.74, 6) is -0.977. The maximum atomic E-state index is 12.2. The monoisotopic (exact) mass is 359 g/mol. The number of amides is 2. The second kappa shape index (κ2) is 8.28. The smallest absolute Gasteiger partial charge is 0.344 e. The fourth-order valence-corrected chi connectivity index (χ4v) is 2.28. The number of benzene rings is 1. The van der Waals surface area contributed by atoms with Crippen molar-refractivity contribution in [1.29, 1.82) is 0 Å². The zero-order valence-electron chi connectivity index (χ0n) is 15.1. The molecule has 0 atom stereocenters. The fourth-order valence-electron chi connectivity index (χ4n) is 2.28. The molecule has 2 N–H and O–H groups in total. The van der Waals surface area contributed by atoms with E-state index in [9.17, 15) is 14.4 Å². The number of carbonyl (C=O) groups is 3. The lowest BCUT2D eigenvalue weighted by molar-refractivity contribution is -0.119. The fraction of sp³-hybridized carbons (Fsp3) is 0.333. The number of carbonyl (C=O) groups excluding carboxylic acids is 3. The minimum Gasteiger partial charge on any atom is -0.452 e. The van der Waals surface area contributed by atoms with E-state index in [1.807, 2.05) is 13.8 Å². The molecule has 0 unspecified atom stereocenters. The van der Waals surface area contributed by atoms with E-state index < -0.39 is 18.5 Å². The van der Waals surface area contributed by atoms with Gasteiger partial charge in [-0.15, -0.1) is 0 Å². The molecular formula is C18H21N3O5. The number of aryl methyl sites for hydroxylation is 1. The van der Waals surface area contributed by atoms with Gasteiger partial charge in [-0.25, -0.2) is 4.79 Å². The average Bonchev–Trinajstić information content (AvgIpc) is 3.01. The minimum absolute atomic E-state index is 0.0357. The lowest BCUT2D eigenvalue weighted by Crippen LogP contribution is -2.22. The normalized spacial score (nSPS) is 10.5. The molecule has 8 heteroatoms. The van der Waals surface area contributed by atoms with Crippen LogP contribution in [-0.2, 0) is 9.53 Å². The number of anilines is 1. The molecule has 0 aliphatic rings. The number of rotatable bonds is 6. The van der Waals surface area contributed by atoms with Crippen LogP contribution in [0.3, 0.4) is 0 Å². The third kappa shape index (κ3) is 4.47. The predicted octanol–water partition coefficient (Wildman–Crippen LogP) is 2.26. The third-order valence-electron chi connectivity index (χ3n) is 3.61. The Hall–Kier alpha value is -3.16. The van der Waals surface area contributed by atoms with Gasteiger partial charge in [0, 0.05) is 24.2 Å². The van der Waals surface area contributed by atoms with Crippen LogP contribution in [0, 0.1) is 6.92 Å². The SMILES string of the molecule is CNC(=O)c1ccc(NC(=O)COC(=O)c2c(C)noc2C(C)C)cc1. The molecule has 0 fully saturated rings. The van der Waals surface area contributed by atoms with E-state index in [2.05, 4.69) is 15.8 Å². The van der Waals surface area contributed by atoms with Crippen molar-refractivity contribution in [2.45, 2.75) is 26.7 Å². The van der Waals surface area contributed by atoms with Crippen LogP contribution in [0.2, 0.25) is 0 Å². The lowest BCUT2D eigenvalue weighted by atomic mass is 10.1. The zero-order chi connectivity index (χ0) is 19.3. The van der Waals surface area contributed by atoms with Gasteiger partial charge in [-0.05, 0) is 31.2 Å². The van der Waals surface area contributed by atoms with Crippen LogP contribution < -0.4 is 10.6 Å². The van der Waals surface area contributed by atoms with Crippen LogP contribution >= 0.6 is 0 Å². The largest absolute Gasteiger partial charge is 0.452 e. The molecule has 2 aromatic rings. The van der Waals surface area contributed by atoms with E-state index in [1.54, 1.807) is 31.2 Å². The van der Waals surface area contributed by atoms with Crippen molar-refractivity contribution >= 4 is 23.5 Å². The molecule has 0 radical (unpaired) electrons. The molecule has 1 aromatic carbocycles. The number of hydrogen-bond donors (Lipinski definition) is 2. The van der Waals surface area contributed by atoms with Crippen molar-refractivity contribution in [2.24, 2.45) is 0 Å². The molecular weight excluding hydrogens is 338 g/mol. The summed E-state index contributed by atoms with van der Waals surface area (Å²) in [5.41, 5.74) is 1.63. The molecule has 0 bridgehead atoms. The van der Waals surface area contributed by atoms with Gasteiger partial charge in [-0.2, -0.15) is 0 Å². The van der Waals surface area contributed by atoms with E-state index in [1.165, 1.54) is 7.05 Å². The van der Waals surface area contributed by atoms with Crippen molar-refractivity contribution in [3.8, 4) is 0 Å². The van der Waals surface area contributed by atoms with Crippen LogP contribution in [0.4, 0.5) is 5.69 Å². The lowest BCUT2D eigenvalue weighted by Gasteiger charge is -2.08. The minimum atomic E-state index is -0.655. The number of ether oxygens (including phenoxy) is 1. The van der Waals surface area contributed by atoms with Crippen molar-refractivity contribution < 1.29 is 23.6 Å². The van der Waals surface area contributed by atoms with Crippen LogP contribution in [0.1, 0.15) is 51.9 Å². The maximum absolute atomic E-state index is 12.2. The van der Waals surface area contributed by atoms with Gasteiger partial charge in [-0.3, -0.25) is 9.59 Å². The van der Waals surface area contributed by atoms with Crippen LogP contribution in [-0.4, -0.2) is 36.6 Å². The van der Waals surface area contributed by atoms with Gasteiger partial charge in [0.15, 0.2) is 12.4 Å². The van der Waals surface area contributed by atoms with Crippen molar-refractivity contribution in [3.63, 3.8) is 0 Å². The Bertz CT molecular complexity index is 809. The summed E-state index contributed by atoms with van der Waals surface area (Å²) in [5, 5.41) is 8.87. The first-order chi connectivity index (χ1) is 12.3. The summed E-state index contributed by atoms with van der Waals surface area (Å²) in [6.45, 7) is 4.93. The highest BCUT2D eigenvalue weighted by Crippen LogP contribution is 2.22. The summed E-state index contributed by atoms with van der Waals surface area (Å²) in [6.07, 6.45) is 0. The van der Waals surface area contributed by atoms with Gasteiger partial charge in [0.05, 0.1) is 5.69 Å². The van der Waals surface area contributed by atoms with Crippen molar-refractivity contribution in [3.05, 3.63) is 46.8 Å². The Labute approximate surface area is 150 Å². The van der Waals surface area contributed by atoms with Gasteiger partial charge >= 0.3 is 5.97 Å². The number of nitrogens with zero attached hydrogens (tertiary/aromatic N) is 1. The molecule has 0 saturated carbocycles. The first-order valence-electron chi connectivity index (χ1n) is 8.08. The van der Waals surface area contributed by atoms with Gasteiger partial charge in [-0.1, -0.05) is 19.0 Å². The third-order valence-corrected chi connectivity index (χ3v) is 3.61. The van der Waals surface area contributed by atoms with E-state index in [4.69, 9.17) is 9.26 Å². The zero-order valence-corrected chi connectivity index (χ0v) is 15.1.